The molecule has 0 aliphatic rings. The molecule has 0 radical (unpaired) electrons. The maximum absolute atomic E-state index is 12.5. The average molecular weight is 415 g/mol. The van der Waals surface area contributed by atoms with Crippen LogP contribution in [0.15, 0.2) is 0 Å². The van der Waals surface area contributed by atoms with Crippen molar-refractivity contribution in [1.82, 2.24) is 0 Å². The molecule has 0 rings (SSSR count). The molecule has 0 N–H and O–H groups in total. The quantitative estimate of drug-likeness (QED) is 0.216. The highest BCUT2D eigenvalue weighted by molar-refractivity contribution is 7.53. The van der Waals surface area contributed by atoms with Gasteiger partial charge in [-0.25, -0.2) is 0 Å². The lowest BCUT2D eigenvalue weighted by Gasteiger charge is -2.37. The van der Waals surface area contributed by atoms with Crippen LogP contribution in [-0.4, -0.2) is 44.6 Å². The summed E-state index contributed by atoms with van der Waals surface area (Å²) in [7, 11) is -8.35. The Morgan fingerprint density at radius 2 is 1.29 bits per heavy atom. The summed E-state index contributed by atoms with van der Waals surface area (Å²) in [5.41, 5.74) is 0. The summed E-state index contributed by atoms with van der Waals surface area (Å²) in [6.45, 7) is 20.0. The summed E-state index contributed by atoms with van der Waals surface area (Å²) in [6.07, 6.45) is 2.32. The zero-order chi connectivity index (χ0) is 19.1. The van der Waals surface area contributed by atoms with E-state index in [2.05, 4.69) is 45.8 Å². The topological polar surface area (TPSA) is 54.0 Å². The van der Waals surface area contributed by atoms with Crippen molar-refractivity contribution in [2.75, 3.05) is 19.4 Å². The summed E-state index contributed by atoms with van der Waals surface area (Å²) < 4.78 is 35.9. The van der Waals surface area contributed by atoms with Crippen LogP contribution in [0.2, 0.25) is 51.9 Å². The second-order valence-corrected chi connectivity index (χ2v) is 23.0. The van der Waals surface area contributed by atoms with Crippen LogP contribution in [0.25, 0.3) is 0 Å². The van der Waals surface area contributed by atoms with Gasteiger partial charge in [0.1, 0.15) is 0 Å². The van der Waals surface area contributed by atoms with Gasteiger partial charge in [-0.1, -0.05) is 6.42 Å². The first-order valence-electron chi connectivity index (χ1n) is 9.03. The Bertz CT molecular complexity index is 400. The second-order valence-electron chi connectivity index (χ2n) is 8.10. The summed E-state index contributed by atoms with van der Waals surface area (Å²) in [4.78, 5) is 0. The minimum Gasteiger partial charge on any atom is -0.437 e. The first-order chi connectivity index (χ1) is 10.7. The van der Waals surface area contributed by atoms with Gasteiger partial charge in [0.25, 0.3) is 0 Å². The fourth-order valence-electron chi connectivity index (χ4n) is 2.89. The van der Waals surface area contributed by atoms with E-state index in [0.29, 0.717) is 19.4 Å². The minimum atomic E-state index is -2.91. The molecule has 24 heavy (non-hydrogen) atoms. The molecular formula is C15H39O5PSi3. The van der Waals surface area contributed by atoms with E-state index in [1.54, 1.807) is 0 Å². The largest absolute Gasteiger partial charge is 0.437 e. The lowest BCUT2D eigenvalue weighted by molar-refractivity contribution is 0.219. The predicted molar refractivity (Wildman–Crippen MR) is 110 cm³/mol. The molecule has 0 spiro atoms. The standard InChI is InChI=1S/C15H39O5PSi3/c1-10-17-21(16,18-11-2)14-12-13-15-23(6,7)20-24(8,9)19-22(3,4)5/h10-15H2,1-9H3. The van der Waals surface area contributed by atoms with Crippen LogP contribution in [0.3, 0.4) is 0 Å². The molecule has 0 aromatic carbocycles. The second kappa shape index (κ2) is 10.2. The molecule has 0 fully saturated rings. The van der Waals surface area contributed by atoms with E-state index in [4.69, 9.17) is 17.3 Å². The Labute approximate surface area is 152 Å². The van der Waals surface area contributed by atoms with Crippen LogP contribution >= 0.6 is 7.60 Å². The van der Waals surface area contributed by atoms with Crippen molar-refractivity contribution in [3.8, 4) is 0 Å². The van der Waals surface area contributed by atoms with Crippen LogP contribution in [0.5, 0.6) is 0 Å². The fraction of sp³-hybridized carbons (Fsp3) is 1.00. The Kier molecular flexibility index (Phi) is 10.5. The van der Waals surface area contributed by atoms with Crippen LogP contribution in [0, 0.1) is 0 Å². The molecule has 0 amide bonds. The SMILES string of the molecule is CCOP(=O)(CCCC[Si](C)(C)O[Si](C)(C)O[Si](C)(C)C)OCC. The minimum absolute atomic E-state index is 0.425. The smallest absolute Gasteiger partial charge is 0.330 e. The van der Waals surface area contributed by atoms with E-state index < -0.39 is 32.8 Å². The number of hydrogen-bond acceptors (Lipinski definition) is 5. The zero-order valence-electron chi connectivity index (χ0n) is 17.2. The molecular weight excluding hydrogens is 375 g/mol. The maximum Gasteiger partial charge on any atom is 0.330 e. The normalized spacial score (nSPS) is 14.2. The molecule has 9 heteroatoms. The molecule has 146 valence electrons. The van der Waals surface area contributed by atoms with Gasteiger partial charge in [-0.05, 0) is 72.1 Å². The predicted octanol–water partition coefficient (Wildman–Crippen LogP) is 5.81. The molecule has 0 heterocycles. The van der Waals surface area contributed by atoms with Crippen molar-refractivity contribution < 1.29 is 21.8 Å². The first-order valence-corrected chi connectivity index (χ1v) is 20.1. The third-order valence-electron chi connectivity index (χ3n) is 3.19. The molecule has 0 aliphatic heterocycles. The number of rotatable bonds is 13. The van der Waals surface area contributed by atoms with Gasteiger partial charge in [-0.3, -0.25) is 4.57 Å². The molecule has 0 saturated heterocycles. The Morgan fingerprint density at radius 3 is 1.71 bits per heavy atom. The Balaban J connectivity index is 4.40. The molecule has 0 atom stereocenters. The van der Waals surface area contributed by atoms with Crippen molar-refractivity contribution in [3.63, 3.8) is 0 Å². The summed E-state index contributed by atoms with van der Waals surface area (Å²) >= 11 is 0. The first kappa shape index (κ1) is 24.7. The van der Waals surface area contributed by atoms with Crippen molar-refractivity contribution in [2.45, 2.75) is 78.6 Å². The van der Waals surface area contributed by atoms with E-state index in [1.807, 2.05) is 13.8 Å². The van der Waals surface area contributed by atoms with E-state index in [9.17, 15) is 4.57 Å². The van der Waals surface area contributed by atoms with Crippen LogP contribution in [0.4, 0.5) is 0 Å². The fourth-order valence-corrected chi connectivity index (χ4v) is 17.9. The van der Waals surface area contributed by atoms with Gasteiger partial charge in [-0.2, -0.15) is 0 Å². The van der Waals surface area contributed by atoms with E-state index in [-0.39, 0.29) is 0 Å². The summed E-state index contributed by atoms with van der Waals surface area (Å²) in [5.74, 6) is 0. The lowest BCUT2D eigenvalue weighted by Crippen LogP contribution is -2.51. The molecule has 0 aromatic rings. The van der Waals surface area contributed by atoms with Gasteiger partial charge >= 0.3 is 16.2 Å². The van der Waals surface area contributed by atoms with Crippen molar-refractivity contribution in [1.29, 1.82) is 0 Å². The van der Waals surface area contributed by atoms with Crippen LogP contribution in [0.1, 0.15) is 26.7 Å². The van der Waals surface area contributed by atoms with Crippen molar-refractivity contribution >= 4 is 32.8 Å². The monoisotopic (exact) mass is 414 g/mol. The van der Waals surface area contributed by atoms with Gasteiger partial charge < -0.3 is 17.3 Å². The van der Waals surface area contributed by atoms with E-state index >= 15 is 0 Å². The van der Waals surface area contributed by atoms with Gasteiger partial charge in [0, 0.05) is 0 Å². The summed E-state index contributed by atoms with van der Waals surface area (Å²) in [5, 5.41) is 0. The average Bonchev–Trinajstić information content (AvgIpc) is 2.30. The molecule has 0 bridgehead atoms. The van der Waals surface area contributed by atoms with Gasteiger partial charge in [0.05, 0.1) is 19.4 Å². The van der Waals surface area contributed by atoms with Crippen molar-refractivity contribution in [3.05, 3.63) is 0 Å². The Hall–Kier alpha value is 0.721. The lowest BCUT2D eigenvalue weighted by atomic mass is 10.4. The third-order valence-corrected chi connectivity index (χ3v) is 15.5. The van der Waals surface area contributed by atoms with Crippen LogP contribution in [-0.2, 0) is 21.8 Å². The zero-order valence-corrected chi connectivity index (χ0v) is 21.1. The third kappa shape index (κ3) is 12.1. The van der Waals surface area contributed by atoms with Gasteiger partial charge in [-0.15, -0.1) is 0 Å². The highest BCUT2D eigenvalue weighted by Crippen LogP contribution is 2.48. The number of unbranched alkanes of at least 4 members (excludes halogenated alkanes) is 1. The summed E-state index contributed by atoms with van der Waals surface area (Å²) in [6, 6.07) is 1.04. The van der Waals surface area contributed by atoms with Gasteiger partial charge in [0.2, 0.25) is 0 Å². The number of hydrogen-bond donors (Lipinski definition) is 0. The highest BCUT2D eigenvalue weighted by Gasteiger charge is 2.37. The molecule has 0 unspecified atom stereocenters. The van der Waals surface area contributed by atoms with E-state index in [0.717, 1.165) is 18.9 Å². The Morgan fingerprint density at radius 1 is 0.792 bits per heavy atom. The molecule has 0 saturated carbocycles. The highest BCUT2D eigenvalue weighted by atomic mass is 31.2. The van der Waals surface area contributed by atoms with Crippen LogP contribution < -0.4 is 0 Å². The maximum atomic E-state index is 12.5. The molecule has 0 aliphatic carbocycles. The van der Waals surface area contributed by atoms with E-state index in [1.165, 1.54) is 0 Å². The van der Waals surface area contributed by atoms with Crippen molar-refractivity contribution in [2.24, 2.45) is 0 Å². The molecule has 5 nitrogen and oxygen atoms in total. The molecule has 0 aromatic heterocycles. The van der Waals surface area contributed by atoms with Gasteiger partial charge in [0.15, 0.2) is 16.6 Å².